The molecule has 31 heavy (non-hydrogen) atoms. The average Bonchev–Trinajstić information content (AvgIpc) is 2.78. The molecule has 0 aliphatic heterocycles. The van der Waals surface area contributed by atoms with Crippen molar-refractivity contribution in [3.63, 3.8) is 0 Å². The molecular formula is C24H28ClN5O. The lowest BCUT2D eigenvalue weighted by atomic mass is 9.85. The molecule has 1 fully saturated rings. The first kappa shape index (κ1) is 21.4. The predicted octanol–water partition coefficient (Wildman–Crippen LogP) is 4.64. The zero-order valence-electron chi connectivity index (χ0n) is 17.9. The number of nitrogens with zero attached hydrogens (tertiary/aromatic N) is 3. The zero-order chi connectivity index (χ0) is 21.8. The Hall–Kier alpha value is -2.86. The number of amides is 1. The van der Waals surface area contributed by atoms with E-state index < -0.39 is 0 Å². The van der Waals surface area contributed by atoms with E-state index in [1.165, 1.54) is 0 Å². The maximum atomic E-state index is 12.6. The van der Waals surface area contributed by atoms with Crippen LogP contribution in [0.2, 0.25) is 5.02 Å². The monoisotopic (exact) mass is 437 g/mol. The van der Waals surface area contributed by atoms with Gasteiger partial charge >= 0.3 is 0 Å². The summed E-state index contributed by atoms with van der Waals surface area (Å²) in [5, 5.41) is 8.30. The molecule has 7 heteroatoms. The number of benzene rings is 2. The van der Waals surface area contributed by atoms with E-state index in [9.17, 15) is 4.79 Å². The van der Waals surface area contributed by atoms with Crippen molar-refractivity contribution in [2.45, 2.75) is 38.3 Å². The SMILES string of the molecule is CN(C)c1nc(N[C@H]2CC[C@@H](C(=O)NCc3ccc(Cl)cc3)CC2)nc2ccccc12. The Bertz CT molecular complexity index is 1050. The fourth-order valence-electron chi connectivity index (χ4n) is 4.08. The van der Waals surface area contributed by atoms with Gasteiger partial charge < -0.3 is 15.5 Å². The molecule has 1 heterocycles. The van der Waals surface area contributed by atoms with Gasteiger partial charge in [0.25, 0.3) is 0 Å². The Morgan fingerprint density at radius 3 is 2.45 bits per heavy atom. The largest absolute Gasteiger partial charge is 0.362 e. The highest BCUT2D eigenvalue weighted by atomic mass is 35.5. The van der Waals surface area contributed by atoms with Crippen LogP contribution in [0.5, 0.6) is 0 Å². The lowest BCUT2D eigenvalue weighted by Crippen LogP contribution is -2.35. The van der Waals surface area contributed by atoms with Crippen LogP contribution in [0.3, 0.4) is 0 Å². The second-order valence-electron chi connectivity index (χ2n) is 8.32. The van der Waals surface area contributed by atoms with Gasteiger partial charge in [0.1, 0.15) is 5.82 Å². The van der Waals surface area contributed by atoms with Crippen molar-refractivity contribution in [1.29, 1.82) is 0 Å². The molecule has 0 atom stereocenters. The third kappa shape index (κ3) is 5.25. The van der Waals surface area contributed by atoms with E-state index >= 15 is 0 Å². The number of fused-ring (bicyclic) bond motifs is 1. The Labute approximate surface area is 188 Å². The molecular weight excluding hydrogens is 410 g/mol. The average molecular weight is 438 g/mol. The van der Waals surface area contributed by atoms with E-state index in [4.69, 9.17) is 21.6 Å². The van der Waals surface area contributed by atoms with Crippen LogP contribution < -0.4 is 15.5 Å². The minimum Gasteiger partial charge on any atom is -0.362 e. The van der Waals surface area contributed by atoms with E-state index in [1.54, 1.807) is 0 Å². The van der Waals surface area contributed by atoms with Crippen LogP contribution in [0, 0.1) is 5.92 Å². The zero-order valence-corrected chi connectivity index (χ0v) is 18.7. The minimum absolute atomic E-state index is 0.0557. The molecule has 0 spiro atoms. The summed E-state index contributed by atoms with van der Waals surface area (Å²) in [6, 6.07) is 15.9. The van der Waals surface area contributed by atoms with E-state index in [1.807, 2.05) is 67.5 Å². The molecule has 0 radical (unpaired) electrons. The number of anilines is 2. The Morgan fingerprint density at radius 1 is 1.03 bits per heavy atom. The summed E-state index contributed by atoms with van der Waals surface area (Å²) >= 11 is 5.92. The number of carbonyl (C=O) groups excluding carboxylic acids is 1. The molecule has 4 rings (SSSR count). The molecule has 0 saturated heterocycles. The van der Waals surface area contributed by atoms with Gasteiger partial charge in [-0.25, -0.2) is 4.98 Å². The summed E-state index contributed by atoms with van der Waals surface area (Å²) in [5.74, 6) is 1.74. The molecule has 3 aromatic rings. The summed E-state index contributed by atoms with van der Waals surface area (Å²) < 4.78 is 0. The number of rotatable bonds is 6. The first-order chi connectivity index (χ1) is 15.0. The number of para-hydroxylation sites is 1. The van der Waals surface area contributed by atoms with Crippen molar-refractivity contribution in [3.05, 3.63) is 59.1 Å². The van der Waals surface area contributed by atoms with Crippen LogP contribution in [0.1, 0.15) is 31.2 Å². The van der Waals surface area contributed by atoms with E-state index in [2.05, 4.69) is 10.6 Å². The van der Waals surface area contributed by atoms with Gasteiger partial charge in [-0.05, 0) is 55.5 Å². The molecule has 1 aliphatic carbocycles. The molecule has 2 aromatic carbocycles. The third-order valence-electron chi connectivity index (χ3n) is 5.82. The van der Waals surface area contributed by atoms with Crippen LogP contribution in [-0.2, 0) is 11.3 Å². The smallest absolute Gasteiger partial charge is 0.225 e. The first-order valence-corrected chi connectivity index (χ1v) is 11.1. The van der Waals surface area contributed by atoms with Gasteiger partial charge in [-0.15, -0.1) is 0 Å². The van der Waals surface area contributed by atoms with Gasteiger partial charge in [0.2, 0.25) is 11.9 Å². The van der Waals surface area contributed by atoms with Crippen LogP contribution in [0.15, 0.2) is 48.5 Å². The maximum absolute atomic E-state index is 12.6. The van der Waals surface area contributed by atoms with Gasteiger partial charge in [-0.1, -0.05) is 35.9 Å². The Kier molecular flexibility index (Phi) is 6.56. The Balaban J connectivity index is 1.33. The molecule has 162 valence electrons. The van der Waals surface area contributed by atoms with Crippen LogP contribution in [0.25, 0.3) is 10.9 Å². The summed E-state index contributed by atoms with van der Waals surface area (Å²) in [6.45, 7) is 0.534. The number of nitrogens with one attached hydrogen (secondary N) is 2. The summed E-state index contributed by atoms with van der Waals surface area (Å²) in [7, 11) is 3.98. The maximum Gasteiger partial charge on any atom is 0.225 e. The van der Waals surface area contributed by atoms with Crippen LogP contribution in [-0.4, -0.2) is 36.0 Å². The molecule has 0 bridgehead atoms. The van der Waals surface area contributed by atoms with Gasteiger partial charge in [0, 0.05) is 43.0 Å². The normalized spacial score (nSPS) is 18.5. The van der Waals surface area contributed by atoms with E-state index in [-0.39, 0.29) is 17.9 Å². The van der Waals surface area contributed by atoms with Crippen molar-refractivity contribution >= 4 is 40.2 Å². The van der Waals surface area contributed by atoms with E-state index in [0.29, 0.717) is 17.5 Å². The fourth-order valence-corrected chi connectivity index (χ4v) is 4.21. The number of halogens is 1. The van der Waals surface area contributed by atoms with Crippen molar-refractivity contribution in [2.75, 3.05) is 24.3 Å². The quantitative estimate of drug-likeness (QED) is 0.588. The van der Waals surface area contributed by atoms with Gasteiger partial charge in [-0.3, -0.25) is 4.79 Å². The molecule has 6 nitrogen and oxygen atoms in total. The number of aromatic nitrogens is 2. The predicted molar refractivity (Wildman–Crippen MR) is 127 cm³/mol. The van der Waals surface area contributed by atoms with Crippen molar-refractivity contribution in [3.8, 4) is 0 Å². The highest BCUT2D eigenvalue weighted by molar-refractivity contribution is 6.30. The van der Waals surface area contributed by atoms with Crippen molar-refractivity contribution < 1.29 is 4.79 Å². The minimum atomic E-state index is 0.0557. The third-order valence-corrected chi connectivity index (χ3v) is 6.07. The summed E-state index contributed by atoms with van der Waals surface area (Å²) in [5.41, 5.74) is 1.98. The van der Waals surface area contributed by atoms with Crippen molar-refractivity contribution in [1.82, 2.24) is 15.3 Å². The number of carbonyl (C=O) groups is 1. The number of hydrogen-bond donors (Lipinski definition) is 2. The summed E-state index contributed by atoms with van der Waals surface area (Å²) in [6.07, 6.45) is 3.56. The highest BCUT2D eigenvalue weighted by Crippen LogP contribution is 2.28. The molecule has 1 aliphatic rings. The lowest BCUT2D eigenvalue weighted by molar-refractivity contribution is -0.126. The van der Waals surface area contributed by atoms with Gasteiger partial charge in [0.05, 0.1) is 5.52 Å². The van der Waals surface area contributed by atoms with Crippen molar-refractivity contribution in [2.24, 2.45) is 5.92 Å². The fraction of sp³-hybridized carbons (Fsp3) is 0.375. The van der Waals surface area contributed by atoms with Crippen LogP contribution >= 0.6 is 11.6 Å². The first-order valence-electron chi connectivity index (χ1n) is 10.7. The Morgan fingerprint density at radius 2 is 1.74 bits per heavy atom. The lowest BCUT2D eigenvalue weighted by Gasteiger charge is -2.28. The molecule has 2 N–H and O–H groups in total. The van der Waals surface area contributed by atoms with Gasteiger partial charge in [0.15, 0.2) is 0 Å². The molecule has 1 aromatic heterocycles. The van der Waals surface area contributed by atoms with Gasteiger partial charge in [-0.2, -0.15) is 4.98 Å². The molecule has 0 unspecified atom stereocenters. The second-order valence-corrected chi connectivity index (χ2v) is 8.76. The highest BCUT2D eigenvalue weighted by Gasteiger charge is 2.26. The van der Waals surface area contributed by atoms with E-state index in [0.717, 1.165) is 48.0 Å². The molecule has 1 amide bonds. The standard InChI is InChI=1S/C24H28ClN5O/c1-30(2)22-20-5-3-4-6-21(20)28-24(29-22)27-19-13-9-17(10-14-19)23(31)26-15-16-7-11-18(25)12-8-16/h3-8,11-12,17,19H,9-10,13-15H2,1-2H3,(H,26,31)(H,27,28,29)/t17-,19+. The second kappa shape index (κ2) is 9.52. The number of hydrogen-bond acceptors (Lipinski definition) is 5. The summed E-state index contributed by atoms with van der Waals surface area (Å²) in [4.78, 5) is 24.0. The molecule has 1 saturated carbocycles. The topological polar surface area (TPSA) is 70.2 Å². The van der Waals surface area contributed by atoms with Crippen LogP contribution in [0.4, 0.5) is 11.8 Å².